The molecule has 0 aromatic carbocycles. The molecule has 0 spiro atoms. The lowest BCUT2D eigenvalue weighted by Gasteiger charge is -2.27. The van der Waals surface area contributed by atoms with E-state index in [-0.39, 0.29) is 12.1 Å². The molecule has 2 amide bonds. The Morgan fingerprint density at radius 1 is 1.38 bits per heavy atom. The van der Waals surface area contributed by atoms with Gasteiger partial charge in [0.15, 0.2) is 0 Å². The Bertz CT molecular complexity index is 202. The average Bonchev–Trinajstić information content (AvgIpc) is 2.25. The summed E-state index contributed by atoms with van der Waals surface area (Å²) in [6.45, 7) is 10.2. The summed E-state index contributed by atoms with van der Waals surface area (Å²) in [7, 11) is 0. The molecule has 1 saturated heterocycles. The van der Waals surface area contributed by atoms with Crippen molar-refractivity contribution in [3.05, 3.63) is 0 Å². The van der Waals surface area contributed by atoms with Crippen LogP contribution in [0.4, 0.5) is 4.79 Å². The lowest BCUT2D eigenvalue weighted by atomic mass is 10.3. The largest absolute Gasteiger partial charge is 0.338 e. The maximum atomic E-state index is 11.3. The van der Waals surface area contributed by atoms with Gasteiger partial charge in [0.1, 0.15) is 0 Å². The van der Waals surface area contributed by atoms with Gasteiger partial charge in [-0.15, -0.1) is 0 Å². The Balaban J connectivity index is 1.96. The number of hydrogen-bond donors (Lipinski definition) is 3. The molecule has 0 aromatic rings. The zero-order chi connectivity index (χ0) is 11.8. The lowest BCUT2D eigenvalue weighted by molar-refractivity contribution is 0.229. The molecule has 0 saturated carbocycles. The van der Waals surface area contributed by atoms with Gasteiger partial charge in [-0.25, -0.2) is 4.79 Å². The smallest absolute Gasteiger partial charge is 0.314 e. The van der Waals surface area contributed by atoms with E-state index in [4.69, 9.17) is 0 Å². The SMILES string of the molecule is CC(C)NC(=O)NCCCN1CCNCC1. The highest BCUT2D eigenvalue weighted by Crippen LogP contribution is 1.93. The summed E-state index contributed by atoms with van der Waals surface area (Å²) in [6.07, 6.45) is 1.02. The number of amides is 2. The van der Waals surface area contributed by atoms with E-state index in [0.717, 1.165) is 45.7 Å². The van der Waals surface area contributed by atoms with Gasteiger partial charge in [0.2, 0.25) is 0 Å². The Morgan fingerprint density at radius 3 is 2.69 bits per heavy atom. The maximum Gasteiger partial charge on any atom is 0.314 e. The minimum absolute atomic E-state index is 0.0599. The molecule has 1 fully saturated rings. The normalized spacial score (nSPS) is 17.4. The first kappa shape index (κ1) is 13.3. The van der Waals surface area contributed by atoms with Crippen LogP contribution in [0, 0.1) is 0 Å². The molecule has 0 aliphatic carbocycles. The first-order chi connectivity index (χ1) is 7.68. The Morgan fingerprint density at radius 2 is 2.06 bits per heavy atom. The van der Waals surface area contributed by atoms with Crippen LogP contribution in [-0.2, 0) is 0 Å². The first-order valence-electron chi connectivity index (χ1n) is 6.16. The third-order valence-corrected chi connectivity index (χ3v) is 2.57. The number of carbonyl (C=O) groups excluding carboxylic acids is 1. The maximum absolute atomic E-state index is 11.3. The highest BCUT2D eigenvalue weighted by molar-refractivity contribution is 5.73. The minimum Gasteiger partial charge on any atom is -0.338 e. The summed E-state index contributed by atoms with van der Waals surface area (Å²) >= 11 is 0. The van der Waals surface area contributed by atoms with Crippen LogP contribution in [0.25, 0.3) is 0 Å². The summed E-state index contributed by atoms with van der Waals surface area (Å²) in [5.74, 6) is 0. The van der Waals surface area contributed by atoms with Crippen molar-refractivity contribution in [2.75, 3.05) is 39.3 Å². The van der Waals surface area contributed by atoms with E-state index in [2.05, 4.69) is 20.9 Å². The van der Waals surface area contributed by atoms with Crippen LogP contribution >= 0.6 is 0 Å². The molecule has 0 atom stereocenters. The van der Waals surface area contributed by atoms with Crippen LogP contribution in [0.5, 0.6) is 0 Å². The second-order valence-corrected chi connectivity index (χ2v) is 4.50. The van der Waals surface area contributed by atoms with Crippen LogP contribution in [-0.4, -0.2) is 56.2 Å². The average molecular weight is 228 g/mol. The van der Waals surface area contributed by atoms with Gasteiger partial charge in [-0.05, 0) is 26.8 Å². The van der Waals surface area contributed by atoms with E-state index < -0.39 is 0 Å². The standard InChI is InChI=1S/C11H24N4O/c1-10(2)14-11(16)13-4-3-7-15-8-5-12-6-9-15/h10,12H,3-9H2,1-2H3,(H2,13,14,16). The van der Waals surface area contributed by atoms with Gasteiger partial charge >= 0.3 is 6.03 Å². The topological polar surface area (TPSA) is 56.4 Å². The van der Waals surface area contributed by atoms with Crippen molar-refractivity contribution in [3.63, 3.8) is 0 Å². The predicted molar refractivity (Wildman–Crippen MR) is 65.6 cm³/mol. The number of urea groups is 1. The van der Waals surface area contributed by atoms with Gasteiger partial charge in [-0.2, -0.15) is 0 Å². The van der Waals surface area contributed by atoms with Crippen molar-refractivity contribution in [3.8, 4) is 0 Å². The molecular weight excluding hydrogens is 204 g/mol. The van der Waals surface area contributed by atoms with E-state index in [9.17, 15) is 4.79 Å². The summed E-state index contributed by atoms with van der Waals surface area (Å²) < 4.78 is 0. The number of nitrogens with one attached hydrogen (secondary N) is 3. The van der Waals surface area contributed by atoms with Crippen molar-refractivity contribution < 1.29 is 4.79 Å². The zero-order valence-corrected chi connectivity index (χ0v) is 10.4. The quantitative estimate of drug-likeness (QED) is 0.580. The van der Waals surface area contributed by atoms with Gasteiger partial charge < -0.3 is 20.9 Å². The van der Waals surface area contributed by atoms with Gasteiger partial charge in [-0.1, -0.05) is 0 Å². The highest BCUT2D eigenvalue weighted by atomic mass is 16.2. The molecule has 0 unspecified atom stereocenters. The second kappa shape index (κ2) is 7.46. The summed E-state index contributed by atoms with van der Waals surface area (Å²) in [4.78, 5) is 13.7. The molecular formula is C11H24N4O. The van der Waals surface area contributed by atoms with Gasteiger partial charge in [-0.3, -0.25) is 0 Å². The van der Waals surface area contributed by atoms with E-state index in [1.807, 2.05) is 13.8 Å². The molecule has 1 aliphatic rings. The summed E-state index contributed by atoms with van der Waals surface area (Å²) in [5, 5.41) is 8.99. The van der Waals surface area contributed by atoms with Gasteiger partial charge in [0, 0.05) is 38.8 Å². The van der Waals surface area contributed by atoms with Crippen molar-refractivity contribution >= 4 is 6.03 Å². The van der Waals surface area contributed by atoms with Crippen LogP contribution in [0.3, 0.4) is 0 Å². The van der Waals surface area contributed by atoms with E-state index in [1.165, 1.54) is 0 Å². The molecule has 1 heterocycles. The van der Waals surface area contributed by atoms with E-state index >= 15 is 0 Å². The molecule has 1 aliphatic heterocycles. The number of nitrogens with zero attached hydrogens (tertiary/aromatic N) is 1. The van der Waals surface area contributed by atoms with Gasteiger partial charge in [0.25, 0.3) is 0 Å². The summed E-state index contributed by atoms with van der Waals surface area (Å²) in [6, 6.07) is 0.142. The predicted octanol–water partition coefficient (Wildman–Crippen LogP) is -0.0107. The fourth-order valence-electron chi connectivity index (χ4n) is 1.75. The van der Waals surface area contributed by atoms with Crippen molar-refractivity contribution in [2.45, 2.75) is 26.3 Å². The lowest BCUT2D eigenvalue weighted by Crippen LogP contribution is -2.45. The fraction of sp³-hybridized carbons (Fsp3) is 0.909. The molecule has 0 radical (unpaired) electrons. The van der Waals surface area contributed by atoms with Crippen molar-refractivity contribution in [1.29, 1.82) is 0 Å². The molecule has 0 bridgehead atoms. The number of rotatable bonds is 5. The molecule has 3 N–H and O–H groups in total. The van der Waals surface area contributed by atoms with Crippen molar-refractivity contribution in [1.82, 2.24) is 20.9 Å². The summed E-state index contributed by atoms with van der Waals surface area (Å²) in [5.41, 5.74) is 0. The van der Waals surface area contributed by atoms with Gasteiger partial charge in [0.05, 0.1) is 0 Å². The van der Waals surface area contributed by atoms with Crippen LogP contribution in [0.1, 0.15) is 20.3 Å². The minimum atomic E-state index is -0.0599. The van der Waals surface area contributed by atoms with Crippen molar-refractivity contribution in [2.24, 2.45) is 0 Å². The van der Waals surface area contributed by atoms with Crippen LogP contribution in [0.2, 0.25) is 0 Å². The molecule has 1 rings (SSSR count). The van der Waals surface area contributed by atoms with Crippen LogP contribution < -0.4 is 16.0 Å². The Kier molecular flexibility index (Phi) is 6.18. The number of carbonyl (C=O) groups is 1. The second-order valence-electron chi connectivity index (χ2n) is 4.50. The van der Waals surface area contributed by atoms with E-state index in [0.29, 0.717) is 0 Å². The van der Waals surface area contributed by atoms with Crippen LogP contribution in [0.15, 0.2) is 0 Å². The number of hydrogen-bond acceptors (Lipinski definition) is 3. The molecule has 0 aromatic heterocycles. The molecule has 5 heteroatoms. The molecule has 5 nitrogen and oxygen atoms in total. The third-order valence-electron chi connectivity index (χ3n) is 2.57. The zero-order valence-electron chi connectivity index (χ0n) is 10.4. The Hall–Kier alpha value is -0.810. The highest BCUT2D eigenvalue weighted by Gasteiger charge is 2.08. The first-order valence-corrected chi connectivity index (χ1v) is 6.16. The fourth-order valence-corrected chi connectivity index (χ4v) is 1.75. The molecule has 94 valence electrons. The number of piperazine rings is 1. The van der Waals surface area contributed by atoms with E-state index in [1.54, 1.807) is 0 Å². The monoisotopic (exact) mass is 228 g/mol. The molecule has 16 heavy (non-hydrogen) atoms. The third kappa shape index (κ3) is 5.92. The Labute approximate surface area is 98.0 Å².